The van der Waals surface area contributed by atoms with Gasteiger partial charge in [0.25, 0.3) is 0 Å². The van der Waals surface area contributed by atoms with Crippen molar-refractivity contribution in [2.24, 2.45) is 0 Å². The molecule has 13 nitrogen and oxygen atoms in total. The van der Waals surface area contributed by atoms with Gasteiger partial charge in [-0.05, 0) is 156 Å². The van der Waals surface area contributed by atoms with Crippen LogP contribution in [0, 0.1) is 13.8 Å². The lowest BCUT2D eigenvalue weighted by Crippen LogP contribution is -2.41. The van der Waals surface area contributed by atoms with Gasteiger partial charge in [0.1, 0.15) is 11.2 Å². The number of hydrogen-bond donors (Lipinski definition) is 0. The molecule has 5 heterocycles. The molecular formula is C55H86BF3N4O9S. The number of piperidine rings is 1. The van der Waals surface area contributed by atoms with Gasteiger partial charge >= 0.3 is 34.9 Å². The molecule has 0 radical (unpaired) electrons. The second-order valence-electron chi connectivity index (χ2n) is 19.4. The topological polar surface area (TPSA) is 147 Å². The van der Waals surface area contributed by atoms with Gasteiger partial charge in [-0.15, -0.1) is 0 Å². The summed E-state index contributed by atoms with van der Waals surface area (Å²) in [6, 6.07) is 17.7. The molecule has 2 saturated heterocycles. The smallest absolute Gasteiger partial charge is 0.444 e. The first-order chi connectivity index (χ1) is 34.0. The Balaban J connectivity index is 0.000000514. The molecule has 2 fully saturated rings. The number of halogens is 3. The third kappa shape index (κ3) is 19.7. The number of rotatable bonds is 4. The Morgan fingerprint density at radius 2 is 1.10 bits per heavy atom. The number of aromatic nitrogens is 2. The van der Waals surface area contributed by atoms with Gasteiger partial charge in [0.05, 0.1) is 22.2 Å². The summed E-state index contributed by atoms with van der Waals surface area (Å²) in [5.74, 6) is 0.0687. The fraction of sp³-hybridized carbons (Fsp3) is 0.600. The zero-order valence-electron chi connectivity index (χ0n) is 47.5. The summed E-state index contributed by atoms with van der Waals surface area (Å²) in [4.78, 5) is 36.5. The molecule has 4 aromatic rings. The molecule has 3 aliphatic rings. The van der Waals surface area contributed by atoms with Gasteiger partial charge < -0.3 is 32.8 Å². The number of pyridine rings is 2. The number of fused-ring (bicyclic) bond motifs is 2. The minimum atomic E-state index is -5.68. The van der Waals surface area contributed by atoms with E-state index in [0.717, 1.165) is 55.1 Å². The summed E-state index contributed by atoms with van der Waals surface area (Å²) in [5, 5.41) is 1.43. The zero-order valence-corrected chi connectivity index (χ0v) is 48.3. The van der Waals surface area contributed by atoms with Gasteiger partial charge in [-0.2, -0.15) is 21.6 Å². The highest BCUT2D eigenvalue weighted by Crippen LogP contribution is 2.40. The molecule has 2 amide bonds. The van der Waals surface area contributed by atoms with Crippen LogP contribution in [0.5, 0.6) is 5.75 Å². The number of carbonyl (C=O) groups excluding carboxylic acids is 2. The Morgan fingerprint density at radius 1 is 0.658 bits per heavy atom. The first-order valence-corrected chi connectivity index (χ1v) is 27.1. The third-order valence-electron chi connectivity index (χ3n) is 11.3. The first kappa shape index (κ1) is 66.1. The lowest BCUT2D eigenvalue weighted by molar-refractivity contribution is -0.0499. The highest BCUT2D eigenvalue weighted by atomic mass is 32.2. The Morgan fingerprint density at radius 3 is 1.53 bits per heavy atom. The lowest BCUT2D eigenvalue weighted by Gasteiger charge is -2.34. The molecule has 0 unspecified atom stereocenters. The molecule has 0 saturated carbocycles. The van der Waals surface area contributed by atoms with Crippen molar-refractivity contribution in [1.82, 2.24) is 19.8 Å². The fourth-order valence-electron chi connectivity index (χ4n) is 7.19. The molecule has 0 bridgehead atoms. The SMILES string of the molecule is CC.CC.CC.CC.CC(C)(C)OC(=O)N1CC=C(B2OC(C)(C)C(C)(C)O2)CC1.Cc1ccc2c(C3CCN(C(=O)OC(C)(C)C)CC3)cccc2n1.Cc1ccc2c(OS(=O)(=O)C(F)(F)F)cccc2n1. The van der Waals surface area contributed by atoms with Crippen molar-refractivity contribution >= 4 is 51.2 Å². The van der Waals surface area contributed by atoms with E-state index in [-0.39, 0.29) is 35.9 Å². The van der Waals surface area contributed by atoms with Crippen LogP contribution >= 0.6 is 0 Å². The number of amides is 2. The quantitative estimate of drug-likeness (QED) is 0.109. The van der Waals surface area contributed by atoms with E-state index in [0.29, 0.717) is 30.2 Å². The van der Waals surface area contributed by atoms with Crippen LogP contribution in [-0.2, 0) is 28.9 Å². The number of hydrogen-bond acceptors (Lipinski definition) is 11. The van der Waals surface area contributed by atoms with Gasteiger partial charge in [0.15, 0.2) is 5.75 Å². The zero-order chi connectivity index (χ0) is 56.3. The Kier molecular flexibility index (Phi) is 25.9. The molecule has 410 valence electrons. The first-order valence-electron chi connectivity index (χ1n) is 25.7. The number of nitrogens with zero attached hydrogens (tertiary/aromatic N) is 4. The normalized spacial score (nSPS) is 16.3. The predicted molar refractivity (Wildman–Crippen MR) is 290 cm³/mol. The summed E-state index contributed by atoms with van der Waals surface area (Å²) >= 11 is 0. The second-order valence-corrected chi connectivity index (χ2v) is 20.9. The molecule has 7 rings (SSSR count). The van der Waals surface area contributed by atoms with Crippen LogP contribution in [-0.4, -0.2) is 102 Å². The van der Waals surface area contributed by atoms with Crippen molar-refractivity contribution in [2.45, 2.75) is 192 Å². The average molecular weight is 1050 g/mol. The van der Waals surface area contributed by atoms with E-state index in [4.69, 9.17) is 18.8 Å². The van der Waals surface area contributed by atoms with Crippen molar-refractivity contribution in [3.8, 4) is 5.75 Å². The summed E-state index contributed by atoms with van der Waals surface area (Å²) in [6.45, 7) is 41.9. The van der Waals surface area contributed by atoms with Gasteiger partial charge in [0, 0.05) is 48.3 Å². The average Bonchev–Trinajstić information content (AvgIpc) is 3.55. The van der Waals surface area contributed by atoms with Crippen LogP contribution in [0.15, 0.2) is 72.2 Å². The standard InChI is InChI=1S/C20H26N2O2.C16H28BNO4.C11H8F3NO3S.4C2H6/c1-14-8-9-17-16(6-5-7-18(17)21-14)15-10-12-22(13-11-15)19(23)24-20(2,3)4;1-14(2,3)20-13(19)18-10-8-12(9-11-18)17-21-15(4,5)16(6,7)22-17;1-7-5-6-8-9(15-7)3-2-4-10(8)18-19(16,17)11(12,13)14;4*1-2/h5-9,15H,10-13H2,1-4H3;8H,9-11H2,1-7H3;2-6H,1H3;4*1-2H3. The Labute approximate surface area is 436 Å². The van der Waals surface area contributed by atoms with Gasteiger partial charge in [0.2, 0.25) is 0 Å². The number of carbonyl (C=O) groups is 2. The summed E-state index contributed by atoms with van der Waals surface area (Å²) in [6.07, 6.45) is 4.23. The Bertz CT molecular complexity index is 2480. The van der Waals surface area contributed by atoms with Crippen LogP contribution in [0.4, 0.5) is 22.8 Å². The van der Waals surface area contributed by atoms with Crippen molar-refractivity contribution in [3.63, 3.8) is 0 Å². The van der Waals surface area contributed by atoms with Crippen LogP contribution in [0.2, 0.25) is 0 Å². The molecule has 0 aliphatic carbocycles. The number of likely N-dealkylation sites (tertiary alicyclic amines) is 1. The summed E-state index contributed by atoms with van der Waals surface area (Å²) in [5.41, 5.74) is -1.46. The van der Waals surface area contributed by atoms with E-state index in [1.165, 1.54) is 23.1 Å². The number of ether oxygens (including phenoxy) is 2. The second kappa shape index (κ2) is 28.7. The van der Waals surface area contributed by atoms with Crippen LogP contribution in [0.25, 0.3) is 21.8 Å². The molecular weight excluding hydrogens is 960 g/mol. The van der Waals surface area contributed by atoms with Crippen LogP contribution in [0.3, 0.4) is 0 Å². The van der Waals surface area contributed by atoms with Crippen LogP contribution in [0.1, 0.15) is 167 Å². The predicted octanol–water partition coefficient (Wildman–Crippen LogP) is 14.7. The van der Waals surface area contributed by atoms with Crippen LogP contribution < -0.4 is 4.18 Å². The number of aryl methyl sites for hydroxylation is 2. The highest BCUT2D eigenvalue weighted by molar-refractivity contribution is 7.88. The summed E-state index contributed by atoms with van der Waals surface area (Å²) in [7, 11) is -5.99. The molecule has 0 atom stereocenters. The van der Waals surface area contributed by atoms with Crippen molar-refractivity contribution in [2.75, 3.05) is 26.2 Å². The van der Waals surface area contributed by atoms with Gasteiger partial charge in [-0.3, -0.25) is 9.97 Å². The third-order valence-corrected chi connectivity index (χ3v) is 12.2. The highest BCUT2D eigenvalue weighted by Gasteiger charge is 2.52. The van der Waals surface area contributed by atoms with Gasteiger partial charge in [-0.25, -0.2) is 9.59 Å². The van der Waals surface area contributed by atoms with E-state index in [1.54, 1.807) is 24.0 Å². The number of alkyl halides is 3. The summed E-state index contributed by atoms with van der Waals surface area (Å²) < 4.78 is 85.8. The van der Waals surface area contributed by atoms with E-state index in [1.807, 2.05) is 143 Å². The molecule has 3 aliphatic heterocycles. The molecule has 2 aromatic heterocycles. The van der Waals surface area contributed by atoms with Gasteiger partial charge in [-0.1, -0.05) is 85.7 Å². The minimum Gasteiger partial charge on any atom is -0.444 e. The molecule has 2 aromatic carbocycles. The minimum absolute atomic E-state index is 0.195. The molecule has 0 N–H and O–H groups in total. The molecule has 18 heteroatoms. The lowest BCUT2D eigenvalue weighted by atomic mass is 9.75. The maximum Gasteiger partial charge on any atom is 0.534 e. The van der Waals surface area contributed by atoms with E-state index < -0.39 is 32.6 Å². The maximum atomic E-state index is 12.3. The van der Waals surface area contributed by atoms with Crippen molar-refractivity contribution in [3.05, 3.63) is 89.2 Å². The van der Waals surface area contributed by atoms with E-state index in [9.17, 15) is 31.2 Å². The largest absolute Gasteiger partial charge is 0.534 e. The van der Waals surface area contributed by atoms with Crippen molar-refractivity contribution < 1.29 is 54.1 Å². The van der Waals surface area contributed by atoms with E-state index in [2.05, 4.69) is 44.5 Å². The molecule has 0 spiro atoms. The fourth-order valence-corrected chi connectivity index (χ4v) is 7.66. The Hall–Kier alpha value is -4.94. The monoisotopic (exact) mass is 1050 g/mol. The maximum absolute atomic E-state index is 12.3. The van der Waals surface area contributed by atoms with E-state index >= 15 is 0 Å². The number of benzene rings is 2. The molecule has 73 heavy (non-hydrogen) atoms. The van der Waals surface area contributed by atoms with Crippen molar-refractivity contribution in [1.29, 1.82) is 0 Å².